The van der Waals surface area contributed by atoms with Crippen molar-refractivity contribution in [3.05, 3.63) is 17.2 Å². The zero-order chi connectivity index (χ0) is 10.7. The first kappa shape index (κ1) is 11.0. The van der Waals surface area contributed by atoms with Crippen LogP contribution < -0.4 is 0 Å². The van der Waals surface area contributed by atoms with E-state index in [1.807, 2.05) is 0 Å². The molecule has 0 aliphatic carbocycles. The van der Waals surface area contributed by atoms with E-state index in [9.17, 15) is 4.79 Å². The fraction of sp³-hybridized carbons (Fsp3) is 0.500. The summed E-state index contributed by atoms with van der Waals surface area (Å²) < 4.78 is 6.68. The third-order valence-corrected chi connectivity index (χ3v) is 2.19. The maximum atomic E-state index is 10.4. The van der Waals surface area contributed by atoms with Crippen molar-refractivity contribution < 1.29 is 14.6 Å². The number of rotatable bonds is 4. The minimum absolute atomic E-state index is 0.136. The van der Waals surface area contributed by atoms with Crippen LogP contribution in [-0.4, -0.2) is 26.7 Å². The predicted octanol–water partition coefficient (Wildman–Crippen LogP) is 1.06. The Morgan fingerprint density at radius 1 is 1.86 bits per heavy atom. The van der Waals surface area contributed by atoms with Crippen molar-refractivity contribution in [2.75, 3.05) is 0 Å². The molecule has 0 amide bonds. The average Bonchev–Trinajstić information content (AvgIpc) is 2.44. The smallest absolute Gasteiger partial charge is 0.332 e. The maximum absolute atomic E-state index is 10.4. The van der Waals surface area contributed by atoms with Crippen molar-refractivity contribution >= 4 is 17.6 Å². The summed E-state index contributed by atoms with van der Waals surface area (Å²) in [5.74, 6) is -0.395. The zero-order valence-electron chi connectivity index (χ0n) is 7.90. The molecule has 5 nitrogen and oxygen atoms in total. The molecule has 1 unspecified atom stereocenters. The van der Waals surface area contributed by atoms with Crippen LogP contribution in [0, 0.1) is 0 Å². The number of hydrogen-bond donors (Lipinski definition) is 1. The van der Waals surface area contributed by atoms with Gasteiger partial charge in [0.15, 0.2) is 6.10 Å². The van der Waals surface area contributed by atoms with Gasteiger partial charge in [-0.05, 0) is 6.92 Å². The molecule has 0 saturated carbocycles. The lowest BCUT2D eigenvalue weighted by Gasteiger charge is -2.07. The van der Waals surface area contributed by atoms with Gasteiger partial charge in [-0.2, -0.15) is 0 Å². The van der Waals surface area contributed by atoms with E-state index in [2.05, 4.69) is 4.98 Å². The van der Waals surface area contributed by atoms with Crippen LogP contribution >= 0.6 is 11.6 Å². The van der Waals surface area contributed by atoms with Gasteiger partial charge in [0.2, 0.25) is 0 Å². The Hall–Kier alpha value is -1.07. The summed E-state index contributed by atoms with van der Waals surface area (Å²) in [5, 5.41) is 9.05. The maximum Gasteiger partial charge on any atom is 0.332 e. The van der Waals surface area contributed by atoms with E-state index in [0.29, 0.717) is 11.0 Å². The van der Waals surface area contributed by atoms with E-state index >= 15 is 0 Å². The minimum Gasteiger partial charge on any atom is -0.479 e. The fourth-order valence-electron chi connectivity index (χ4n) is 0.829. The van der Waals surface area contributed by atoms with Crippen LogP contribution in [0.15, 0.2) is 6.20 Å². The molecule has 1 atom stereocenters. The minimum atomic E-state index is -0.995. The Kier molecular flexibility index (Phi) is 3.49. The summed E-state index contributed by atoms with van der Waals surface area (Å²) in [7, 11) is 1.74. The number of ether oxygens (including phenoxy) is 1. The molecule has 78 valence electrons. The second-order valence-corrected chi connectivity index (χ2v) is 3.23. The summed E-state index contributed by atoms with van der Waals surface area (Å²) in [6.07, 6.45) is 0.650. The van der Waals surface area contributed by atoms with Crippen LogP contribution in [0.1, 0.15) is 12.7 Å². The molecule has 0 saturated heterocycles. The standard InChI is InChI=1S/C8H11ClN2O3/c1-5(8(12)13)14-4-7-10-3-6(9)11(7)2/h3,5H,4H2,1-2H3,(H,12,13). The quantitative estimate of drug-likeness (QED) is 0.821. The normalized spacial score (nSPS) is 12.8. The van der Waals surface area contributed by atoms with E-state index in [-0.39, 0.29) is 6.61 Å². The third kappa shape index (κ3) is 2.46. The van der Waals surface area contributed by atoms with E-state index < -0.39 is 12.1 Å². The summed E-state index contributed by atoms with van der Waals surface area (Å²) in [6.45, 7) is 1.60. The highest BCUT2D eigenvalue weighted by atomic mass is 35.5. The van der Waals surface area contributed by atoms with Gasteiger partial charge >= 0.3 is 5.97 Å². The van der Waals surface area contributed by atoms with Gasteiger partial charge in [0.05, 0.1) is 6.20 Å². The van der Waals surface area contributed by atoms with Gasteiger partial charge in [0.1, 0.15) is 17.6 Å². The van der Waals surface area contributed by atoms with E-state index in [4.69, 9.17) is 21.4 Å². The van der Waals surface area contributed by atoms with Crippen LogP contribution in [0.25, 0.3) is 0 Å². The largest absolute Gasteiger partial charge is 0.479 e. The Bertz CT molecular complexity index is 337. The molecule has 1 aromatic heterocycles. The van der Waals surface area contributed by atoms with Crippen LogP contribution in [0.4, 0.5) is 0 Å². The number of carbonyl (C=O) groups is 1. The first-order valence-corrected chi connectivity index (χ1v) is 4.40. The fourth-order valence-corrected chi connectivity index (χ4v) is 0.976. The van der Waals surface area contributed by atoms with Crippen LogP contribution in [0.2, 0.25) is 5.15 Å². The van der Waals surface area contributed by atoms with Gasteiger partial charge in [0, 0.05) is 7.05 Å². The topological polar surface area (TPSA) is 64.4 Å². The molecule has 0 aromatic carbocycles. The molecule has 1 rings (SSSR count). The lowest BCUT2D eigenvalue weighted by Crippen LogP contribution is -2.20. The van der Waals surface area contributed by atoms with Gasteiger partial charge in [0.25, 0.3) is 0 Å². The number of nitrogens with zero attached hydrogens (tertiary/aromatic N) is 2. The highest BCUT2D eigenvalue weighted by Gasteiger charge is 2.12. The Labute approximate surface area is 86.3 Å². The molecule has 0 aliphatic rings. The van der Waals surface area contributed by atoms with Gasteiger partial charge in [-0.25, -0.2) is 9.78 Å². The second-order valence-electron chi connectivity index (χ2n) is 2.85. The van der Waals surface area contributed by atoms with Crippen molar-refractivity contribution in [1.82, 2.24) is 9.55 Å². The van der Waals surface area contributed by atoms with Gasteiger partial charge in [-0.1, -0.05) is 11.6 Å². The summed E-state index contributed by atoms with van der Waals surface area (Å²) >= 11 is 5.74. The van der Waals surface area contributed by atoms with Crippen molar-refractivity contribution in [3.8, 4) is 0 Å². The van der Waals surface area contributed by atoms with Crippen molar-refractivity contribution in [2.24, 2.45) is 7.05 Å². The van der Waals surface area contributed by atoms with E-state index in [1.54, 1.807) is 11.6 Å². The first-order valence-electron chi connectivity index (χ1n) is 4.03. The molecule has 0 spiro atoms. The molecule has 0 radical (unpaired) electrons. The summed E-state index contributed by atoms with van der Waals surface area (Å²) in [6, 6.07) is 0. The molecule has 1 aromatic rings. The number of imidazole rings is 1. The van der Waals surface area contributed by atoms with Crippen LogP contribution in [0.3, 0.4) is 0 Å². The molecule has 1 heterocycles. The zero-order valence-corrected chi connectivity index (χ0v) is 8.65. The first-order chi connectivity index (χ1) is 6.52. The monoisotopic (exact) mass is 218 g/mol. The van der Waals surface area contributed by atoms with Crippen molar-refractivity contribution in [2.45, 2.75) is 19.6 Å². The molecular formula is C8H11ClN2O3. The predicted molar refractivity (Wildman–Crippen MR) is 50.1 cm³/mol. The second kappa shape index (κ2) is 4.43. The third-order valence-electron chi connectivity index (χ3n) is 1.84. The van der Waals surface area contributed by atoms with Crippen molar-refractivity contribution in [3.63, 3.8) is 0 Å². The number of halogens is 1. The Morgan fingerprint density at radius 2 is 2.50 bits per heavy atom. The molecular weight excluding hydrogens is 208 g/mol. The number of aliphatic carboxylic acids is 1. The number of carboxylic acid groups (broad SMARTS) is 1. The SMILES string of the molecule is CC(OCc1ncc(Cl)n1C)C(=O)O. The molecule has 1 N–H and O–H groups in total. The summed E-state index contributed by atoms with van der Waals surface area (Å²) in [4.78, 5) is 14.4. The molecule has 6 heteroatoms. The highest BCUT2D eigenvalue weighted by Crippen LogP contribution is 2.10. The van der Waals surface area contributed by atoms with Gasteiger partial charge in [-0.15, -0.1) is 0 Å². The lowest BCUT2D eigenvalue weighted by atomic mass is 10.4. The molecule has 0 fully saturated rings. The average molecular weight is 219 g/mol. The van der Waals surface area contributed by atoms with Crippen LogP contribution in [0.5, 0.6) is 0 Å². The lowest BCUT2D eigenvalue weighted by molar-refractivity contribution is -0.150. The number of carboxylic acids is 1. The molecule has 0 aliphatic heterocycles. The van der Waals surface area contributed by atoms with E-state index in [0.717, 1.165) is 0 Å². The highest BCUT2D eigenvalue weighted by molar-refractivity contribution is 6.29. The Balaban J connectivity index is 2.54. The Morgan fingerprint density at radius 3 is 2.93 bits per heavy atom. The van der Waals surface area contributed by atoms with Crippen molar-refractivity contribution in [1.29, 1.82) is 0 Å². The van der Waals surface area contributed by atoms with Gasteiger partial charge in [-0.3, -0.25) is 0 Å². The molecule has 14 heavy (non-hydrogen) atoms. The number of aromatic nitrogens is 2. The summed E-state index contributed by atoms with van der Waals surface area (Å²) in [5.41, 5.74) is 0. The van der Waals surface area contributed by atoms with E-state index in [1.165, 1.54) is 13.1 Å². The van der Waals surface area contributed by atoms with Crippen LogP contribution in [-0.2, 0) is 23.2 Å². The number of hydrogen-bond acceptors (Lipinski definition) is 3. The molecule has 0 bridgehead atoms. The van der Waals surface area contributed by atoms with Gasteiger partial charge < -0.3 is 14.4 Å².